The number of hydrogen-bond donors (Lipinski definition) is 2. The Kier molecular flexibility index (Phi) is 6.08. The molecule has 1 aromatic carbocycles. The van der Waals surface area contributed by atoms with E-state index in [0.29, 0.717) is 34.5 Å². The van der Waals surface area contributed by atoms with Gasteiger partial charge in [-0.2, -0.15) is 10.2 Å². The zero-order valence-electron chi connectivity index (χ0n) is 20.6. The zero-order chi connectivity index (χ0) is 24.7. The molecule has 0 fully saturated rings. The molecule has 5 rings (SSSR count). The summed E-state index contributed by atoms with van der Waals surface area (Å²) in [5.74, 6) is 1.86. The summed E-state index contributed by atoms with van der Waals surface area (Å²) in [4.78, 5) is 15.9. The lowest BCUT2D eigenvalue weighted by Gasteiger charge is -2.38. The fourth-order valence-corrected chi connectivity index (χ4v) is 5.99. The summed E-state index contributed by atoms with van der Waals surface area (Å²) in [6, 6.07) is 9.70. The second-order valence-electron chi connectivity index (χ2n) is 9.94. The third-order valence-corrected chi connectivity index (χ3v) is 8.25. The lowest BCUT2D eigenvalue weighted by molar-refractivity contribution is 0.266. The standard InChI is InChI=1S/C26H30N7OP/c1-16-20-15-33(2)14-18-8-5-7-17(24(18)20)11-21(16)29-26-28-13-19(12-27)25(32-26)31-22-9-6-10-23(30-22)35(3,4)34/h6,9-11,13,18H,5,7-8,14-15H2,1-4H3,(H2,28,29,30,31,32). The molecule has 2 N–H and O–H groups in total. The summed E-state index contributed by atoms with van der Waals surface area (Å²) in [5.41, 5.74) is 7.45. The summed E-state index contributed by atoms with van der Waals surface area (Å²) in [7, 11) is -0.324. The molecule has 1 aliphatic carbocycles. The highest BCUT2D eigenvalue weighted by Crippen LogP contribution is 2.42. The smallest absolute Gasteiger partial charge is 0.229 e. The van der Waals surface area contributed by atoms with Crippen molar-refractivity contribution in [3.05, 3.63) is 58.3 Å². The molecule has 180 valence electrons. The molecule has 3 aromatic rings. The minimum Gasteiger partial charge on any atom is -0.324 e. The summed E-state index contributed by atoms with van der Waals surface area (Å²) < 4.78 is 12.5. The maximum atomic E-state index is 12.5. The molecule has 1 aliphatic heterocycles. The Morgan fingerprint density at radius 2 is 2.06 bits per heavy atom. The molecule has 35 heavy (non-hydrogen) atoms. The van der Waals surface area contributed by atoms with Gasteiger partial charge < -0.3 is 20.1 Å². The number of rotatable bonds is 5. The first kappa shape index (κ1) is 23.5. The summed E-state index contributed by atoms with van der Waals surface area (Å²) in [6.07, 6.45) is 5.07. The molecule has 2 aromatic heterocycles. The predicted molar refractivity (Wildman–Crippen MR) is 140 cm³/mol. The molecular formula is C26H30N7OP. The first-order valence-corrected chi connectivity index (χ1v) is 14.5. The Balaban J connectivity index is 1.48. The average Bonchev–Trinajstić information content (AvgIpc) is 2.82. The van der Waals surface area contributed by atoms with E-state index in [9.17, 15) is 9.83 Å². The molecule has 2 aliphatic rings. The summed E-state index contributed by atoms with van der Waals surface area (Å²) in [6.45, 7) is 7.60. The van der Waals surface area contributed by atoms with Crippen LogP contribution in [0.4, 0.5) is 23.3 Å². The van der Waals surface area contributed by atoms with Crippen molar-refractivity contribution in [1.82, 2.24) is 19.9 Å². The van der Waals surface area contributed by atoms with E-state index in [1.165, 1.54) is 35.7 Å². The molecule has 1 unspecified atom stereocenters. The second kappa shape index (κ2) is 9.07. The van der Waals surface area contributed by atoms with Crippen molar-refractivity contribution in [3.63, 3.8) is 0 Å². The van der Waals surface area contributed by atoms with E-state index in [0.717, 1.165) is 25.2 Å². The lowest BCUT2D eigenvalue weighted by Crippen LogP contribution is -2.33. The van der Waals surface area contributed by atoms with Gasteiger partial charge in [0.05, 0.1) is 6.20 Å². The van der Waals surface area contributed by atoms with E-state index in [1.807, 2.05) is 0 Å². The number of nitrogens with one attached hydrogen (secondary N) is 2. The Hall–Kier alpha value is -3.27. The number of nitrogens with zero attached hydrogens (tertiary/aromatic N) is 5. The van der Waals surface area contributed by atoms with Crippen LogP contribution in [0.1, 0.15) is 46.6 Å². The Morgan fingerprint density at radius 3 is 2.83 bits per heavy atom. The van der Waals surface area contributed by atoms with Crippen LogP contribution in [0.5, 0.6) is 0 Å². The Labute approximate surface area is 206 Å². The topological polar surface area (TPSA) is 107 Å². The maximum Gasteiger partial charge on any atom is 0.229 e. The van der Waals surface area contributed by atoms with Crippen LogP contribution in [0.3, 0.4) is 0 Å². The highest BCUT2D eigenvalue weighted by atomic mass is 31.2. The maximum absolute atomic E-state index is 12.5. The van der Waals surface area contributed by atoms with Gasteiger partial charge in [0.1, 0.15) is 30.0 Å². The van der Waals surface area contributed by atoms with Crippen LogP contribution in [0.15, 0.2) is 30.5 Å². The molecule has 0 amide bonds. The van der Waals surface area contributed by atoms with Crippen molar-refractivity contribution >= 4 is 35.8 Å². The quantitative estimate of drug-likeness (QED) is 0.501. The Bertz CT molecular complexity index is 1390. The van der Waals surface area contributed by atoms with Crippen molar-refractivity contribution in [2.24, 2.45) is 0 Å². The minimum absolute atomic E-state index is 0.306. The monoisotopic (exact) mass is 487 g/mol. The normalized spacial score (nSPS) is 17.4. The van der Waals surface area contributed by atoms with Gasteiger partial charge in [-0.1, -0.05) is 6.07 Å². The van der Waals surface area contributed by atoms with Crippen molar-refractivity contribution in [3.8, 4) is 6.07 Å². The molecule has 0 spiro atoms. The number of benzene rings is 1. The molecule has 0 radical (unpaired) electrons. The SMILES string of the molecule is Cc1c(Nc2ncc(C#N)c(Nc3cccc(P(C)(C)=O)n3)n2)cc2c3c1CN(C)CC3CCC2. The van der Waals surface area contributed by atoms with Gasteiger partial charge in [0.25, 0.3) is 0 Å². The van der Waals surface area contributed by atoms with Gasteiger partial charge in [-0.3, -0.25) is 0 Å². The molecule has 0 bridgehead atoms. The van der Waals surface area contributed by atoms with E-state index in [2.05, 4.69) is 56.6 Å². The van der Waals surface area contributed by atoms with Crippen LogP contribution >= 0.6 is 7.14 Å². The van der Waals surface area contributed by atoms with Crippen LogP contribution in [-0.4, -0.2) is 46.8 Å². The Morgan fingerprint density at radius 1 is 1.23 bits per heavy atom. The van der Waals surface area contributed by atoms with Crippen LogP contribution in [0.2, 0.25) is 0 Å². The van der Waals surface area contributed by atoms with Gasteiger partial charge >= 0.3 is 0 Å². The summed E-state index contributed by atoms with van der Waals surface area (Å²) in [5, 5.41) is 16.1. The number of hydrogen-bond acceptors (Lipinski definition) is 8. The van der Waals surface area contributed by atoms with Gasteiger partial charge in [-0.15, -0.1) is 0 Å². The zero-order valence-corrected chi connectivity index (χ0v) is 21.5. The molecular weight excluding hydrogens is 457 g/mol. The number of pyridine rings is 1. The van der Waals surface area contributed by atoms with E-state index < -0.39 is 7.14 Å². The minimum atomic E-state index is -2.52. The number of anilines is 4. The molecule has 0 saturated heterocycles. The van der Waals surface area contributed by atoms with Crippen molar-refractivity contribution in [2.75, 3.05) is 37.6 Å². The number of aryl methyl sites for hydroxylation is 1. The van der Waals surface area contributed by atoms with E-state index in [1.54, 1.807) is 37.1 Å². The van der Waals surface area contributed by atoms with Gasteiger partial charge in [-0.25, -0.2) is 9.97 Å². The lowest BCUT2D eigenvalue weighted by atomic mass is 9.76. The van der Waals surface area contributed by atoms with Crippen LogP contribution < -0.4 is 16.1 Å². The molecule has 9 heteroatoms. The van der Waals surface area contributed by atoms with Gasteiger partial charge in [0, 0.05) is 18.8 Å². The van der Waals surface area contributed by atoms with Crippen LogP contribution in [-0.2, 0) is 17.5 Å². The molecule has 1 atom stereocenters. The van der Waals surface area contributed by atoms with Gasteiger partial charge in [0.15, 0.2) is 5.82 Å². The molecule has 3 heterocycles. The first-order valence-electron chi connectivity index (χ1n) is 11.9. The number of nitriles is 1. The number of aromatic nitrogens is 3. The predicted octanol–water partition coefficient (Wildman–Crippen LogP) is 4.65. The van der Waals surface area contributed by atoms with Crippen molar-refractivity contribution in [2.45, 2.75) is 38.6 Å². The number of likely N-dealkylation sites (N-methyl/N-ethyl adjacent to an activating group) is 1. The van der Waals surface area contributed by atoms with Crippen molar-refractivity contribution < 1.29 is 4.57 Å². The highest BCUT2D eigenvalue weighted by Gasteiger charge is 2.30. The van der Waals surface area contributed by atoms with Gasteiger partial charge in [0.2, 0.25) is 5.95 Å². The third-order valence-electron chi connectivity index (χ3n) is 6.90. The average molecular weight is 488 g/mol. The van der Waals surface area contributed by atoms with Gasteiger partial charge in [-0.05, 0) is 92.9 Å². The van der Waals surface area contributed by atoms with Crippen LogP contribution in [0, 0.1) is 18.3 Å². The highest BCUT2D eigenvalue weighted by molar-refractivity contribution is 7.69. The molecule has 8 nitrogen and oxygen atoms in total. The van der Waals surface area contributed by atoms with E-state index >= 15 is 0 Å². The third kappa shape index (κ3) is 4.67. The van der Waals surface area contributed by atoms with E-state index in [-0.39, 0.29) is 0 Å². The first-order chi connectivity index (χ1) is 16.7. The fraction of sp³-hybridized carbons (Fsp3) is 0.385. The summed E-state index contributed by atoms with van der Waals surface area (Å²) >= 11 is 0. The van der Waals surface area contributed by atoms with E-state index in [4.69, 9.17) is 0 Å². The largest absolute Gasteiger partial charge is 0.324 e. The van der Waals surface area contributed by atoms with Crippen LogP contribution in [0.25, 0.3) is 0 Å². The van der Waals surface area contributed by atoms with Crippen molar-refractivity contribution in [1.29, 1.82) is 5.26 Å². The molecule has 0 saturated carbocycles. The second-order valence-corrected chi connectivity index (χ2v) is 13.1. The fourth-order valence-electron chi connectivity index (χ4n) is 5.20.